The number of rotatable bonds is 0. The van der Waals surface area contributed by atoms with Crippen molar-refractivity contribution in [1.82, 2.24) is 0 Å². The van der Waals surface area contributed by atoms with E-state index >= 15 is 0 Å². The average Bonchev–Trinajstić information content (AvgIpc) is 1.69. The van der Waals surface area contributed by atoms with Gasteiger partial charge in [0.25, 0.3) is 6.08 Å². The van der Waals surface area contributed by atoms with E-state index in [4.69, 9.17) is 11.6 Å². The highest BCUT2D eigenvalue weighted by molar-refractivity contribution is 6.25. The minimum absolute atomic E-state index is 0.750. The van der Waals surface area contributed by atoms with E-state index in [1.807, 2.05) is 0 Å². The second kappa shape index (κ2) is 9.75. The normalized spacial score (nSPS) is 6.00. The van der Waals surface area contributed by atoms with Gasteiger partial charge in [-0.15, -0.1) is 0 Å². The quantitative estimate of drug-likeness (QED) is 0.490. The Hall–Kier alpha value is -0.440. The lowest BCUT2D eigenvalue weighted by atomic mass is 11.1. The molecule has 0 heterocycles. The third-order valence-electron chi connectivity index (χ3n) is 0.0825. The van der Waals surface area contributed by atoms with Crippen molar-refractivity contribution in [3.63, 3.8) is 0 Å². The highest BCUT2D eigenvalue weighted by Crippen LogP contribution is 1.93. The monoisotopic (exact) mass is 144 g/mol. The van der Waals surface area contributed by atoms with Gasteiger partial charge in [-0.25, -0.2) is 4.39 Å². The van der Waals surface area contributed by atoms with Crippen LogP contribution in [0.15, 0.2) is 24.5 Å². The second-order valence-corrected chi connectivity index (χ2v) is 0.862. The van der Waals surface area contributed by atoms with Crippen LogP contribution in [-0.2, 0) is 0 Å². The second-order valence-electron chi connectivity index (χ2n) is 0.553. The van der Waals surface area contributed by atoms with E-state index in [1.165, 1.54) is 5.54 Å². The Morgan fingerprint density at radius 3 is 1.62 bits per heavy atom. The van der Waals surface area contributed by atoms with E-state index in [9.17, 15) is 13.2 Å². The molecule has 0 saturated heterocycles. The fourth-order valence-corrected chi connectivity index (χ4v) is 0. The lowest BCUT2D eigenvalue weighted by Crippen LogP contribution is -1.42. The van der Waals surface area contributed by atoms with Crippen LogP contribution < -0.4 is 0 Å². The van der Waals surface area contributed by atoms with Gasteiger partial charge < -0.3 is 0 Å². The van der Waals surface area contributed by atoms with Crippen LogP contribution in [0.1, 0.15) is 0 Å². The van der Waals surface area contributed by atoms with Crippen molar-refractivity contribution in [1.29, 1.82) is 0 Å². The maximum atomic E-state index is 10.2. The van der Waals surface area contributed by atoms with Crippen LogP contribution in [0.3, 0.4) is 0 Å². The maximum Gasteiger partial charge on any atom is 0.298 e. The molecule has 0 saturated carbocycles. The Bertz CT molecular complexity index is 75.4. The van der Waals surface area contributed by atoms with Crippen LogP contribution in [0.2, 0.25) is 0 Å². The van der Waals surface area contributed by atoms with Gasteiger partial charge in [0, 0.05) is 0 Å². The first kappa shape index (κ1) is 10.5. The summed E-state index contributed by atoms with van der Waals surface area (Å²) in [6, 6.07) is 0. The van der Waals surface area contributed by atoms with Crippen LogP contribution in [0, 0.1) is 0 Å². The van der Waals surface area contributed by atoms with Gasteiger partial charge in [-0.1, -0.05) is 18.2 Å². The molecule has 48 valence electrons. The molecule has 8 heavy (non-hydrogen) atoms. The van der Waals surface area contributed by atoms with Crippen LogP contribution in [-0.4, -0.2) is 0 Å². The third kappa shape index (κ3) is 47.5. The molecule has 0 aromatic heterocycles. The number of halogens is 4. The minimum Gasteiger partial charge on any atom is -0.210 e. The summed E-state index contributed by atoms with van der Waals surface area (Å²) in [7, 11) is 0. The summed E-state index contributed by atoms with van der Waals surface area (Å²) in [4.78, 5) is 0. The summed E-state index contributed by atoms with van der Waals surface area (Å²) in [5, 5.41) is 0. The molecule has 0 aliphatic carbocycles. The smallest absolute Gasteiger partial charge is 0.210 e. The molecule has 0 rings (SSSR count). The van der Waals surface area contributed by atoms with Crippen molar-refractivity contribution in [2.45, 2.75) is 0 Å². The van der Waals surface area contributed by atoms with Crippen molar-refractivity contribution >= 4 is 11.6 Å². The predicted octanol–water partition coefficient (Wildman–Crippen LogP) is 3.06. The highest BCUT2D eigenvalue weighted by Gasteiger charge is 1.78. The largest absolute Gasteiger partial charge is 0.298 e. The maximum absolute atomic E-state index is 10.2. The van der Waals surface area contributed by atoms with Gasteiger partial charge in [-0.05, 0) is 5.54 Å². The fraction of sp³-hybridized carbons (Fsp3) is 0. The van der Waals surface area contributed by atoms with Crippen molar-refractivity contribution in [3.8, 4) is 0 Å². The topological polar surface area (TPSA) is 0 Å². The molecule has 0 spiro atoms. The molecule has 0 fully saturated rings. The van der Waals surface area contributed by atoms with E-state index in [-0.39, 0.29) is 0 Å². The van der Waals surface area contributed by atoms with Crippen molar-refractivity contribution < 1.29 is 13.2 Å². The zero-order chi connectivity index (χ0) is 6.99. The standard InChI is InChI=1S/C2H3Cl.C2HF3/c1-2-3;3-1-2(4)5/h2H,1H2;1H. The van der Waals surface area contributed by atoms with Crippen molar-refractivity contribution in [2.75, 3.05) is 0 Å². The van der Waals surface area contributed by atoms with E-state index < -0.39 is 12.4 Å². The summed E-state index contributed by atoms with van der Waals surface area (Å²) in [6.07, 6.45) is -3.04. The summed E-state index contributed by atoms with van der Waals surface area (Å²) in [5.74, 6) is 0. The first-order chi connectivity index (χ1) is 3.68. The summed E-state index contributed by atoms with van der Waals surface area (Å²) >= 11 is 4.76. The van der Waals surface area contributed by atoms with Gasteiger partial charge in [0.1, 0.15) is 0 Å². The molecular weight excluding hydrogens is 140 g/mol. The third-order valence-corrected chi connectivity index (χ3v) is 0.0825. The molecule has 0 amide bonds. The van der Waals surface area contributed by atoms with E-state index in [0.717, 1.165) is 0 Å². The fourth-order valence-electron chi connectivity index (χ4n) is 0. The summed E-state index contributed by atoms with van der Waals surface area (Å²) < 4.78 is 30.7. The molecule has 4 heteroatoms. The molecule has 0 aromatic rings. The van der Waals surface area contributed by atoms with Gasteiger partial charge in [0.05, 0.1) is 0 Å². The van der Waals surface area contributed by atoms with Gasteiger partial charge in [-0.2, -0.15) is 8.78 Å². The predicted molar refractivity (Wildman–Crippen MR) is 27.5 cm³/mol. The van der Waals surface area contributed by atoms with Crippen molar-refractivity contribution in [2.24, 2.45) is 0 Å². The molecular formula is C4H4ClF3. The Balaban J connectivity index is 0. The van der Waals surface area contributed by atoms with Crippen LogP contribution >= 0.6 is 11.6 Å². The van der Waals surface area contributed by atoms with Gasteiger partial charge >= 0.3 is 0 Å². The minimum atomic E-state index is -2.29. The first-order valence-electron chi connectivity index (χ1n) is 1.51. The summed E-state index contributed by atoms with van der Waals surface area (Å²) in [5.41, 5.74) is 1.22. The van der Waals surface area contributed by atoms with Crippen LogP contribution in [0.25, 0.3) is 0 Å². The number of hydrogen-bond acceptors (Lipinski definition) is 0. The SMILES string of the molecule is C=CCl.FC=C(F)F. The number of hydrogen-bond donors (Lipinski definition) is 0. The van der Waals surface area contributed by atoms with Crippen LogP contribution in [0.5, 0.6) is 0 Å². The molecule has 0 atom stereocenters. The zero-order valence-corrected chi connectivity index (χ0v) is 4.63. The molecule has 0 bridgehead atoms. The zero-order valence-electron chi connectivity index (χ0n) is 3.87. The van der Waals surface area contributed by atoms with Gasteiger partial charge in [0.2, 0.25) is 0 Å². The van der Waals surface area contributed by atoms with Gasteiger partial charge in [-0.3, -0.25) is 0 Å². The Morgan fingerprint density at radius 2 is 1.62 bits per heavy atom. The van der Waals surface area contributed by atoms with E-state index in [1.54, 1.807) is 0 Å². The van der Waals surface area contributed by atoms with Crippen LogP contribution in [0.4, 0.5) is 13.2 Å². The van der Waals surface area contributed by atoms with Crippen molar-refractivity contribution in [3.05, 3.63) is 24.5 Å². The molecule has 0 nitrogen and oxygen atoms in total. The highest BCUT2D eigenvalue weighted by atomic mass is 35.5. The first-order valence-corrected chi connectivity index (χ1v) is 1.95. The molecule has 0 unspecified atom stereocenters. The molecule has 0 N–H and O–H groups in total. The van der Waals surface area contributed by atoms with Gasteiger partial charge in [0.15, 0.2) is 6.33 Å². The Kier molecular flexibility index (Phi) is 12.8. The van der Waals surface area contributed by atoms with E-state index in [2.05, 4.69) is 6.58 Å². The molecule has 0 radical (unpaired) electrons. The van der Waals surface area contributed by atoms with E-state index in [0.29, 0.717) is 0 Å². The molecule has 0 aliphatic rings. The Morgan fingerprint density at radius 1 is 1.50 bits per heavy atom. The summed E-state index contributed by atoms with van der Waals surface area (Å²) in [6.45, 7) is 3.13. The molecule has 0 aromatic carbocycles. The molecule has 0 aliphatic heterocycles. The lowest BCUT2D eigenvalue weighted by Gasteiger charge is -1.59. The Labute approximate surface area is 50.3 Å². The lowest BCUT2D eigenvalue weighted by molar-refractivity contribution is 0.400. The average molecular weight is 145 g/mol.